The summed E-state index contributed by atoms with van der Waals surface area (Å²) in [6.07, 6.45) is 0. The zero-order valence-electron chi connectivity index (χ0n) is 11.9. The van der Waals surface area contributed by atoms with Crippen molar-refractivity contribution in [3.63, 3.8) is 0 Å². The van der Waals surface area contributed by atoms with Gasteiger partial charge in [0.15, 0.2) is 11.6 Å². The van der Waals surface area contributed by atoms with Gasteiger partial charge in [-0.1, -0.05) is 18.2 Å². The number of phenolic OH excluding ortho intramolecular Hbond substituents is 1. The first kappa shape index (κ1) is 14.8. The Labute approximate surface area is 122 Å². The summed E-state index contributed by atoms with van der Waals surface area (Å²) in [7, 11) is 0. The average molecular weight is 288 g/mol. The molecule has 0 heterocycles. The van der Waals surface area contributed by atoms with Gasteiger partial charge in [0.1, 0.15) is 0 Å². The highest BCUT2D eigenvalue weighted by atomic mass is 19.1. The number of nitrogens with one attached hydrogen (secondary N) is 2. The van der Waals surface area contributed by atoms with Crippen LogP contribution < -0.4 is 10.6 Å². The average Bonchev–Trinajstić information content (AvgIpc) is 2.43. The Morgan fingerprint density at radius 3 is 2.76 bits per heavy atom. The predicted molar refractivity (Wildman–Crippen MR) is 80.9 cm³/mol. The van der Waals surface area contributed by atoms with E-state index in [-0.39, 0.29) is 18.2 Å². The third-order valence-corrected chi connectivity index (χ3v) is 3.10. The Hall–Kier alpha value is -2.56. The minimum absolute atomic E-state index is 0.141. The van der Waals surface area contributed by atoms with Crippen molar-refractivity contribution in [1.29, 1.82) is 0 Å². The number of para-hydroxylation sites is 1. The molecular weight excluding hydrogens is 271 g/mol. The Morgan fingerprint density at radius 2 is 2.05 bits per heavy atom. The van der Waals surface area contributed by atoms with Gasteiger partial charge in [0.2, 0.25) is 5.91 Å². The number of carbonyl (C=O) groups is 1. The van der Waals surface area contributed by atoms with Crippen LogP contribution in [0.5, 0.6) is 5.75 Å². The highest BCUT2D eigenvalue weighted by molar-refractivity contribution is 5.90. The lowest BCUT2D eigenvalue weighted by Gasteiger charge is -2.12. The van der Waals surface area contributed by atoms with Gasteiger partial charge < -0.3 is 15.7 Å². The molecule has 0 aliphatic carbocycles. The van der Waals surface area contributed by atoms with E-state index in [0.717, 1.165) is 16.9 Å². The topological polar surface area (TPSA) is 61.4 Å². The smallest absolute Gasteiger partial charge is 0.221 e. The maximum absolute atomic E-state index is 13.2. The van der Waals surface area contributed by atoms with Gasteiger partial charge in [-0.05, 0) is 30.7 Å². The molecule has 1 amide bonds. The highest BCUT2D eigenvalue weighted by Gasteiger charge is 2.07. The number of aromatic hydroxyl groups is 1. The van der Waals surface area contributed by atoms with Crippen LogP contribution in [0, 0.1) is 12.7 Å². The zero-order valence-corrected chi connectivity index (χ0v) is 11.9. The second-order valence-electron chi connectivity index (χ2n) is 4.81. The van der Waals surface area contributed by atoms with Crippen LogP contribution in [-0.2, 0) is 11.3 Å². The Bertz CT molecular complexity index is 671. The molecule has 3 N–H and O–H groups in total. The van der Waals surface area contributed by atoms with Crippen LogP contribution in [0.3, 0.4) is 0 Å². The van der Waals surface area contributed by atoms with E-state index >= 15 is 0 Å². The number of phenols is 1. The van der Waals surface area contributed by atoms with Gasteiger partial charge in [-0.2, -0.15) is 0 Å². The van der Waals surface area contributed by atoms with Gasteiger partial charge >= 0.3 is 0 Å². The van der Waals surface area contributed by atoms with Gasteiger partial charge in [0.05, 0.1) is 0 Å². The summed E-state index contributed by atoms with van der Waals surface area (Å²) < 4.78 is 13.2. The molecule has 2 aromatic carbocycles. The van der Waals surface area contributed by atoms with Crippen molar-refractivity contribution in [1.82, 2.24) is 0 Å². The molecule has 0 saturated carbocycles. The standard InChI is InChI=1S/C16H17FN2O2/c1-10-6-7-13(8-15(10)19-11(2)20)18-9-12-4-3-5-14(17)16(12)21/h3-8,18,21H,9H2,1-2H3,(H,19,20). The molecule has 0 atom stereocenters. The molecule has 0 spiro atoms. The number of amides is 1. The first-order valence-electron chi connectivity index (χ1n) is 6.56. The van der Waals surface area contributed by atoms with Crippen molar-refractivity contribution in [3.8, 4) is 5.75 Å². The van der Waals surface area contributed by atoms with Crippen LogP contribution in [0.15, 0.2) is 36.4 Å². The third-order valence-electron chi connectivity index (χ3n) is 3.10. The fraction of sp³-hybridized carbons (Fsp3) is 0.188. The van der Waals surface area contributed by atoms with Gasteiger partial charge in [-0.15, -0.1) is 0 Å². The van der Waals surface area contributed by atoms with Gasteiger partial charge in [-0.25, -0.2) is 4.39 Å². The molecule has 2 rings (SSSR count). The van der Waals surface area contributed by atoms with Crippen LogP contribution in [0.4, 0.5) is 15.8 Å². The molecular formula is C16H17FN2O2. The Kier molecular flexibility index (Phi) is 4.42. The van der Waals surface area contributed by atoms with Crippen molar-refractivity contribution in [2.45, 2.75) is 20.4 Å². The van der Waals surface area contributed by atoms with Crippen LogP contribution in [-0.4, -0.2) is 11.0 Å². The quantitative estimate of drug-likeness (QED) is 0.808. The highest BCUT2D eigenvalue weighted by Crippen LogP contribution is 2.24. The lowest BCUT2D eigenvalue weighted by Crippen LogP contribution is -2.08. The summed E-state index contributed by atoms with van der Waals surface area (Å²) >= 11 is 0. The molecule has 0 fully saturated rings. The largest absolute Gasteiger partial charge is 0.505 e. The number of anilines is 2. The van der Waals surface area contributed by atoms with Crippen LogP contribution in [0.25, 0.3) is 0 Å². The number of benzene rings is 2. The van der Waals surface area contributed by atoms with Crippen molar-refractivity contribution in [2.75, 3.05) is 10.6 Å². The summed E-state index contributed by atoms with van der Waals surface area (Å²) in [5.41, 5.74) is 2.91. The van der Waals surface area contributed by atoms with Crippen molar-refractivity contribution < 1.29 is 14.3 Å². The third kappa shape index (κ3) is 3.72. The lowest BCUT2D eigenvalue weighted by atomic mass is 10.1. The van der Waals surface area contributed by atoms with Crippen molar-refractivity contribution in [3.05, 3.63) is 53.3 Å². The maximum atomic E-state index is 13.2. The zero-order chi connectivity index (χ0) is 15.4. The number of aryl methyl sites for hydroxylation is 1. The van der Waals surface area contributed by atoms with E-state index in [4.69, 9.17) is 0 Å². The summed E-state index contributed by atoms with van der Waals surface area (Å²) in [6, 6.07) is 9.93. The van der Waals surface area contributed by atoms with E-state index in [0.29, 0.717) is 5.56 Å². The van der Waals surface area contributed by atoms with E-state index in [1.807, 2.05) is 19.1 Å². The van der Waals surface area contributed by atoms with Crippen LogP contribution in [0.1, 0.15) is 18.1 Å². The summed E-state index contributed by atoms with van der Waals surface area (Å²) in [6.45, 7) is 3.63. The first-order valence-corrected chi connectivity index (χ1v) is 6.56. The number of hydrogen-bond donors (Lipinski definition) is 3. The lowest BCUT2D eigenvalue weighted by molar-refractivity contribution is -0.114. The molecule has 0 saturated heterocycles. The van der Waals surface area contributed by atoms with Crippen LogP contribution >= 0.6 is 0 Å². The van der Waals surface area contributed by atoms with Gasteiger partial charge in [0, 0.05) is 30.4 Å². The second-order valence-corrected chi connectivity index (χ2v) is 4.81. The molecule has 0 aliphatic heterocycles. The molecule has 5 heteroatoms. The van der Waals surface area contributed by atoms with Crippen molar-refractivity contribution >= 4 is 17.3 Å². The number of hydrogen-bond acceptors (Lipinski definition) is 3. The van der Waals surface area contributed by atoms with E-state index in [1.165, 1.54) is 13.0 Å². The monoisotopic (exact) mass is 288 g/mol. The number of carbonyl (C=O) groups excluding carboxylic acids is 1. The van der Waals surface area contributed by atoms with Crippen molar-refractivity contribution in [2.24, 2.45) is 0 Å². The minimum Gasteiger partial charge on any atom is -0.505 e. The summed E-state index contributed by atoms with van der Waals surface area (Å²) in [5.74, 6) is -1.13. The normalized spacial score (nSPS) is 10.2. The first-order chi connectivity index (χ1) is 9.97. The van der Waals surface area contributed by atoms with Crippen LogP contribution in [0.2, 0.25) is 0 Å². The van der Waals surface area contributed by atoms with E-state index < -0.39 is 5.82 Å². The molecule has 0 radical (unpaired) electrons. The van der Waals surface area contributed by atoms with E-state index in [2.05, 4.69) is 10.6 Å². The molecule has 21 heavy (non-hydrogen) atoms. The molecule has 0 aromatic heterocycles. The fourth-order valence-electron chi connectivity index (χ4n) is 1.96. The maximum Gasteiger partial charge on any atom is 0.221 e. The SMILES string of the molecule is CC(=O)Nc1cc(NCc2cccc(F)c2O)ccc1C. The molecule has 2 aromatic rings. The number of rotatable bonds is 4. The van der Waals surface area contributed by atoms with Gasteiger partial charge in [0.25, 0.3) is 0 Å². The fourth-order valence-corrected chi connectivity index (χ4v) is 1.96. The number of halogens is 1. The molecule has 0 aliphatic rings. The minimum atomic E-state index is -0.642. The van der Waals surface area contributed by atoms with Gasteiger partial charge in [-0.3, -0.25) is 4.79 Å². The van der Waals surface area contributed by atoms with E-state index in [1.54, 1.807) is 18.2 Å². The molecule has 0 bridgehead atoms. The predicted octanol–water partition coefficient (Wildman–Crippen LogP) is 3.41. The Morgan fingerprint density at radius 1 is 1.29 bits per heavy atom. The summed E-state index contributed by atoms with van der Waals surface area (Å²) in [4.78, 5) is 11.1. The Balaban J connectivity index is 2.13. The molecule has 110 valence electrons. The van der Waals surface area contributed by atoms with E-state index in [9.17, 15) is 14.3 Å². The summed E-state index contributed by atoms with van der Waals surface area (Å²) in [5, 5.41) is 15.5. The molecule has 0 unspecified atom stereocenters. The second kappa shape index (κ2) is 6.26. The molecule has 4 nitrogen and oxygen atoms in total.